The highest BCUT2D eigenvalue weighted by Crippen LogP contribution is 2.15. The lowest BCUT2D eigenvalue weighted by Crippen LogP contribution is -2.49. The fraction of sp³-hybridized carbons (Fsp3) is 0.115. The van der Waals surface area contributed by atoms with Crippen molar-refractivity contribution in [2.24, 2.45) is 0 Å². The molecule has 1 aromatic heterocycles. The van der Waals surface area contributed by atoms with Gasteiger partial charge in [-0.1, -0.05) is 48.5 Å². The van der Waals surface area contributed by atoms with Crippen LogP contribution in [0.1, 0.15) is 15.9 Å². The Bertz CT molecular complexity index is 1290. The summed E-state index contributed by atoms with van der Waals surface area (Å²) >= 11 is 5.11. The van der Waals surface area contributed by atoms with Crippen LogP contribution in [0.5, 0.6) is 5.75 Å². The van der Waals surface area contributed by atoms with Crippen molar-refractivity contribution < 1.29 is 14.3 Å². The molecule has 0 unspecified atom stereocenters. The van der Waals surface area contributed by atoms with Gasteiger partial charge in [-0.2, -0.15) is 0 Å². The molecule has 34 heavy (non-hydrogen) atoms. The standard InChI is InChI=1S/C26H24N4O3S/c31-24(18-30-16-14-20-8-4-5-9-23(20)30)28-29-26(34)27-25(32)21-10-12-22(13-11-21)33-17-15-19-6-2-1-3-7-19/h1-14,16H,15,17-18H2,(H,28,31)(H2,27,29,32,34). The van der Waals surface area contributed by atoms with Crippen LogP contribution in [0.15, 0.2) is 91.1 Å². The Balaban J connectivity index is 1.20. The minimum atomic E-state index is -0.390. The van der Waals surface area contributed by atoms with Crippen molar-refractivity contribution in [1.29, 1.82) is 0 Å². The van der Waals surface area contributed by atoms with Gasteiger partial charge >= 0.3 is 0 Å². The van der Waals surface area contributed by atoms with E-state index in [1.54, 1.807) is 24.3 Å². The first-order valence-corrected chi connectivity index (χ1v) is 11.2. The van der Waals surface area contributed by atoms with Crippen molar-refractivity contribution in [2.75, 3.05) is 6.61 Å². The number of carbonyl (C=O) groups is 2. The molecule has 172 valence electrons. The smallest absolute Gasteiger partial charge is 0.258 e. The summed E-state index contributed by atoms with van der Waals surface area (Å²) in [4.78, 5) is 24.7. The maximum absolute atomic E-state index is 12.4. The second-order valence-corrected chi connectivity index (χ2v) is 7.98. The molecule has 8 heteroatoms. The Morgan fingerprint density at radius 2 is 1.59 bits per heavy atom. The van der Waals surface area contributed by atoms with Crippen LogP contribution in [0.4, 0.5) is 0 Å². The van der Waals surface area contributed by atoms with E-state index in [9.17, 15) is 9.59 Å². The summed E-state index contributed by atoms with van der Waals surface area (Å²) in [5.41, 5.74) is 7.65. The summed E-state index contributed by atoms with van der Waals surface area (Å²) in [6.07, 6.45) is 2.65. The average Bonchev–Trinajstić information content (AvgIpc) is 3.26. The lowest BCUT2D eigenvalue weighted by molar-refractivity contribution is -0.122. The number of benzene rings is 3. The van der Waals surface area contributed by atoms with E-state index in [1.165, 1.54) is 5.56 Å². The number of rotatable bonds is 7. The van der Waals surface area contributed by atoms with Gasteiger partial charge in [-0.15, -0.1) is 0 Å². The molecule has 0 spiro atoms. The number of nitrogens with zero attached hydrogens (tertiary/aromatic N) is 1. The quantitative estimate of drug-likeness (QED) is 0.283. The van der Waals surface area contributed by atoms with Gasteiger partial charge in [-0.3, -0.25) is 25.8 Å². The van der Waals surface area contributed by atoms with Gasteiger partial charge < -0.3 is 9.30 Å². The van der Waals surface area contributed by atoms with Crippen molar-refractivity contribution >= 4 is 40.0 Å². The highest BCUT2D eigenvalue weighted by molar-refractivity contribution is 7.80. The highest BCUT2D eigenvalue weighted by atomic mass is 32.1. The number of carbonyl (C=O) groups excluding carboxylic acids is 2. The maximum atomic E-state index is 12.4. The van der Waals surface area contributed by atoms with Gasteiger partial charge in [0.2, 0.25) is 0 Å². The van der Waals surface area contributed by atoms with Crippen molar-refractivity contribution in [2.45, 2.75) is 13.0 Å². The minimum absolute atomic E-state index is 0.00102. The van der Waals surface area contributed by atoms with Gasteiger partial charge in [0.15, 0.2) is 5.11 Å². The monoisotopic (exact) mass is 472 g/mol. The third-order valence-electron chi connectivity index (χ3n) is 5.16. The van der Waals surface area contributed by atoms with Crippen molar-refractivity contribution in [3.05, 3.63) is 102 Å². The Labute approximate surface area is 202 Å². The number of hydrogen-bond acceptors (Lipinski definition) is 4. The van der Waals surface area contributed by atoms with Crippen LogP contribution < -0.4 is 20.9 Å². The van der Waals surface area contributed by atoms with Crippen LogP contribution in [-0.2, 0) is 17.8 Å². The first-order chi connectivity index (χ1) is 16.6. The van der Waals surface area contributed by atoms with E-state index < -0.39 is 0 Å². The van der Waals surface area contributed by atoms with E-state index in [2.05, 4.69) is 28.3 Å². The van der Waals surface area contributed by atoms with Gasteiger partial charge in [0, 0.05) is 23.7 Å². The molecule has 0 atom stereocenters. The summed E-state index contributed by atoms with van der Waals surface area (Å²) < 4.78 is 7.57. The van der Waals surface area contributed by atoms with E-state index >= 15 is 0 Å². The van der Waals surface area contributed by atoms with Crippen molar-refractivity contribution in [1.82, 2.24) is 20.7 Å². The molecule has 7 nitrogen and oxygen atoms in total. The molecule has 0 aliphatic carbocycles. The SMILES string of the molecule is O=C(Cn1ccc2ccccc21)NNC(=S)NC(=O)c1ccc(OCCc2ccccc2)cc1. The second-order valence-electron chi connectivity index (χ2n) is 7.57. The van der Waals surface area contributed by atoms with Gasteiger partial charge in [0.05, 0.1) is 6.61 Å². The average molecular weight is 473 g/mol. The van der Waals surface area contributed by atoms with E-state index in [0.29, 0.717) is 17.9 Å². The van der Waals surface area contributed by atoms with Crippen LogP contribution in [0, 0.1) is 0 Å². The molecular formula is C26H24N4O3S. The molecular weight excluding hydrogens is 448 g/mol. The fourth-order valence-electron chi connectivity index (χ4n) is 3.44. The van der Waals surface area contributed by atoms with Crippen LogP contribution >= 0.6 is 12.2 Å². The van der Waals surface area contributed by atoms with E-state index in [0.717, 1.165) is 17.3 Å². The van der Waals surface area contributed by atoms with Crippen LogP contribution in [-0.4, -0.2) is 28.1 Å². The van der Waals surface area contributed by atoms with Crippen LogP contribution in [0.3, 0.4) is 0 Å². The molecule has 0 saturated carbocycles. The number of amides is 2. The third kappa shape index (κ3) is 6.20. The van der Waals surface area contributed by atoms with Crippen molar-refractivity contribution in [3.8, 4) is 5.75 Å². The number of ether oxygens (including phenoxy) is 1. The summed E-state index contributed by atoms with van der Waals surface area (Å²) in [6, 6.07) is 26.6. The molecule has 3 aromatic carbocycles. The Morgan fingerprint density at radius 1 is 0.853 bits per heavy atom. The van der Waals surface area contributed by atoms with Gasteiger partial charge in [0.25, 0.3) is 11.8 Å². The summed E-state index contributed by atoms with van der Waals surface area (Å²) in [5, 5.41) is 3.60. The highest BCUT2D eigenvalue weighted by Gasteiger charge is 2.10. The van der Waals surface area contributed by atoms with Gasteiger partial charge in [-0.25, -0.2) is 0 Å². The van der Waals surface area contributed by atoms with E-state index in [4.69, 9.17) is 17.0 Å². The molecule has 3 N–H and O–H groups in total. The summed E-state index contributed by atoms with van der Waals surface area (Å²) in [7, 11) is 0. The molecule has 0 bridgehead atoms. The number of hydrazine groups is 1. The summed E-state index contributed by atoms with van der Waals surface area (Å²) in [5.74, 6) is -0.00748. The Morgan fingerprint density at radius 3 is 2.38 bits per heavy atom. The number of aromatic nitrogens is 1. The second kappa shape index (κ2) is 11.1. The lowest BCUT2D eigenvalue weighted by Gasteiger charge is -2.12. The molecule has 0 saturated heterocycles. The number of hydrogen-bond donors (Lipinski definition) is 3. The van der Waals surface area contributed by atoms with Crippen LogP contribution in [0.2, 0.25) is 0 Å². The Hall–Kier alpha value is -4.17. The minimum Gasteiger partial charge on any atom is -0.493 e. The predicted molar refractivity (Wildman–Crippen MR) is 135 cm³/mol. The number of nitrogens with one attached hydrogen (secondary N) is 3. The first kappa shape index (κ1) is 23.0. The number of para-hydroxylation sites is 1. The molecule has 0 radical (unpaired) electrons. The maximum Gasteiger partial charge on any atom is 0.258 e. The summed E-state index contributed by atoms with van der Waals surface area (Å²) in [6.45, 7) is 0.658. The molecule has 0 aliphatic heterocycles. The third-order valence-corrected chi connectivity index (χ3v) is 5.36. The predicted octanol–water partition coefficient (Wildman–Crippen LogP) is 3.60. The zero-order valence-corrected chi connectivity index (χ0v) is 19.2. The molecule has 0 aliphatic rings. The topological polar surface area (TPSA) is 84.4 Å². The Kier molecular flexibility index (Phi) is 7.52. The first-order valence-electron chi connectivity index (χ1n) is 10.8. The van der Waals surface area contributed by atoms with E-state index in [1.807, 2.05) is 59.3 Å². The van der Waals surface area contributed by atoms with Gasteiger partial charge in [-0.05, 0) is 59.6 Å². The molecule has 4 rings (SSSR count). The number of fused-ring (bicyclic) bond motifs is 1. The molecule has 4 aromatic rings. The fourth-order valence-corrected chi connectivity index (χ4v) is 3.58. The molecule has 2 amide bonds. The van der Waals surface area contributed by atoms with Crippen molar-refractivity contribution in [3.63, 3.8) is 0 Å². The largest absolute Gasteiger partial charge is 0.493 e. The molecule has 1 heterocycles. The lowest BCUT2D eigenvalue weighted by atomic mass is 10.2. The number of thiocarbonyl (C=S) groups is 1. The zero-order valence-electron chi connectivity index (χ0n) is 18.4. The van der Waals surface area contributed by atoms with Gasteiger partial charge in [0.1, 0.15) is 12.3 Å². The van der Waals surface area contributed by atoms with Crippen LogP contribution in [0.25, 0.3) is 10.9 Å². The zero-order chi connectivity index (χ0) is 23.8. The normalized spacial score (nSPS) is 10.5. The molecule has 0 fully saturated rings. The van der Waals surface area contributed by atoms with E-state index in [-0.39, 0.29) is 23.5 Å².